The molecule has 0 saturated carbocycles. The Morgan fingerprint density at radius 3 is 2.38 bits per heavy atom. The molecule has 0 bridgehead atoms. The van der Waals surface area contributed by atoms with Crippen LogP contribution in [0.25, 0.3) is 0 Å². The quantitative estimate of drug-likeness (QED) is 0.491. The van der Waals surface area contributed by atoms with Crippen molar-refractivity contribution in [2.24, 2.45) is 0 Å². The second kappa shape index (κ2) is 11.4. The van der Waals surface area contributed by atoms with Crippen LogP contribution in [-0.2, 0) is 16.1 Å². The maximum atomic E-state index is 12.6. The minimum Gasteiger partial charge on any atom is -0.483 e. The molecule has 0 spiro atoms. The van der Waals surface area contributed by atoms with Crippen molar-refractivity contribution in [3.8, 4) is 11.6 Å². The van der Waals surface area contributed by atoms with Crippen LogP contribution in [-0.4, -0.2) is 30.7 Å². The van der Waals surface area contributed by atoms with Gasteiger partial charge >= 0.3 is 12.0 Å². The van der Waals surface area contributed by atoms with Gasteiger partial charge in [0.1, 0.15) is 13.2 Å². The van der Waals surface area contributed by atoms with Crippen molar-refractivity contribution in [2.45, 2.75) is 19.6 Å². The van der Waals surface area contributed by atoms with E-state index in [4.69, 9.17) is 14.2 Å². The molecule has 0 radical (unpaired) electrons. The van der Waals surface area contributed by atoms with E-state index < -0.39 is 18.0 Å². The fourth-order valence-electron chi connectivity index (χ4n) is 2.93. The van der Waals surface area contributed by atoms with Crippen molar-refractivity contribution in [1.29, 1.82) is 0 Å². The molecule has 8 heteroatoms. The number of pyridine rings is 1. The van der Waals surface area contributed by atoms with Gasteiger partial charge in [0.15, 0.2) is 5.75 Å². The molecule has 0 fully saturated rings. The zero-order valence-electron chi connectivity index (χ0n) is 17.9. The number of carbonyl (C=O) groups is 2. The summed E-state index contributed by atoms with van der Waals surface area (Å²) in [7, 11) is 1.50. The summed E-state index contributed by atoms with van der Waals surface area (Å²) in [5, 5.41) is 5.55. The summed E-state index contributed by atoms with van der Waals surface area (Å²) >= 11 is 0. The summed E-state index contributed by atoms with van der Waals surface area (Å²) in [6.07, 6.45) is 1.47. The number of aromatic nitrogens is 1. The Morgan fingerprint density at radius 1 is 1.03 bits per heavy atom. The Balaban J connectivity index is 1.68. The van der Waals surface area contributed by atoms with E-state index in [-0.39, 0.29) is 6.61 Å². The van der Waals surface area contributed by atoms with E-state index >= 15 is 0 Å². The van der Waals surface area contributed by atoms with Crippen LogP contribution in [0, 0.1) is 0 Å². The van der Waals surface area contributed by atoms with Crippen molar-refractivity contribution < 1.29 is 23.8 Å². The summed E-state index contributed by atoms with van der Waals surface area (Å²) in [4.78, 5) is 28.1. The number of hydrogen-bond donors (Lipinski definition) is 2. The van der Waals surface area contributed by atoms with Crippen LogP contribution in [0.4, 0.5) is 10.5 Å². The van der Waals surface area contributed by atoms with E-state index in [1.54, 1.807) is 6.07 Å². The van der Waals surface area contributed by atoms with Gasteiger partial charge in [0.2, 0.25) is 0 Å². The molecule has 8 nitrogen and oxygen atoms in total. The van der Waals surface area contributed by atoms with Gasteiger partial charge in [-0.05, 0) is 11.1 Å². The van der Waals surface area contributed by atoms with Gasteiger partial charge in [-0.1, -0.05) is 60.7 Å². The molecule has 0 aliphatic carbocycles. The van der Waals surface area contributed by atoms with Gasteiger partial charge in [0, 0.05) is 13.0 Å². The van der Waals surface area contributed by atoms with E-state index in [1.165, 1.54) is 20.2 Å². The molecule has 0 aliphatic rings. The lowest BCUT2D eigenvalue weighted by atomic mass is 10.1. The zero-order valence-corrected chi connectivity index (χ0v) is 17.9. The average Bonchev–Trinajstić information content (AvgIpc) is 2.81. The summed E-state index contributed by atoms with van der Waals surface area (Å²) in [6, 6.07) is 19.6. The first kappa shape index (κ1) is 22.6. The van der Waals surface area contributed by atoms with Gasteiger partial charge in [-0.15, -0.1) is 0 Å². The molecule has 1 unspecified atom stereocenters. The van der Waals surface area contributed by atoms with E-state index in [0.717, 1.165) is 11.1 Å². The Morgan fingerprint density at radius 2 is 1.72 bits per heavy atom. The normalized spacial score (nSPS) is 11.2. The van der Waals surface area contributed by atoms with Gasteiger partial charge in [0.05, 0.1) is 25.0 Å². The maximum Gasteiger partial charge on any atom is 0.319 e. The van der Waals surface area contributed by atoms with Crippen LogP contribution in [0.3, 0.4) is 0 Å². The lowest BCUT2D eigenvalue weighted by molar-refractivity contribution is -0.141. The van der Waals surface area contributed by atoms with Gasteiger partial charge in [-0.2, -0.15) is 0 Å². The largest absolute Gasteiger partial charge is 0.483 e. The fraction of sp³-hybridized carbons (Fsp3) is 0.208. The van der Waals surface area contributed by atoms with Crippen LogP contribution < -0.4 is 20.1 Å². The summed E-state index contributed by atoms with van der Waals surface area (Å²) < 4.78 is 16.2. The van der Waals surface area contributed by atoms with E-state index in [2.05, 4.69) is 15.6 Å². The number of urea groups is 1. The summed E-state index contributed by atoms with van der Waals surface area (Å²) in [5.74, 6) is 0.283. The third-order valence-electron chi connectivity index (χ3n) is 4.47. The molecule has 1 aromatic heterocycles. The second-order valence-electron chi connectivity index (χ2n) is 6.87. The Labute approximate surface area is 186 Å². The lowest BCUT2D eigenvalue weighted by Gasteiger charge is -2.19. The Hall–Kier alpha value is -4.07. The number of methoxy groups -OCH3 is 1. The predicted octanol–water partition coefficient (Wildman–Crippen LogP) is 4.10. The molecule has 3 aromatic rings. The van der Waals surface area contributed by atoms with Gasteiger partial charge in [-0.3, -0.25) is 4.79 Å². The van der Waals surface area contributed by atoms with Crippen molar-refractivity contribution in [1.82, 2.24) is 10.3 Å². The molecule has 0 aliphatic heterocycles. The number of esters is 1. The Bertz CT molecular complexity index is 1030. The molecular formula is C24H25N3O5. The second-order valence-corrected chi connectivity index (χ2v) is 6.87. The van der Waals surface area contributed by atoms with E-state index in [0.29, 0.717) is 23.9 Å². The van der Waals surface area contributed by atoms with Gasteiger partial charge in [-0.25, -0.2) is 9.78 Å². The lowest BCUT2D eigenvalue weighted by Crippen LogP contribution is -2.35. The third kappa shape index (κ3) is 6.73. The minimum atomic E-state index is -0.514. The molecule has 2 N–H and O–H groups in total. The molecule has 1 heterocycles. The van der Waals surface area contributed by atoms with Crippen molar-refractivity contribution in [3.63, 3.8) is 0 Å². The number of hydrogen-bond acceptors (Lipinski definition) is 6. The van der Waals surface area contributed by atoms with Crippen molar-refractivity contribution in [3.05, 3.63) is 84.1 Å². The number of ether oxygens (including phenoxy) is 3. The Kier molecular flexibility index (Phi) is 8.02. The SMILES string of the molecule is COc1ncc(NC(=O)NC(COC(C)=O)c2ccccc2)cc1OCc1ccccc1. The predicted molar refractivity (Wildman–Crippen MR) is 120 cm³/mol. The highest BCUT2D eigenvalue weighted by Gasteiger charge is 2.17. The number of anilines is 1. The molecule has 3 rings (SSSR count). The summed E-state index contributed by atoms with van der Waals surface area (Å²) in [5.41, 5.74) is 2.22. The minimum absolute atomic E-state index is 0.0130. The highest BCUT2D eigenvalue weighted by Crippen LogP contribution is 2.28. The van der Waals surface area contributed by atoms with Crippen molar-refractivity contribution in [2.75, 3.05) is 19.0 Å². The topological polar surface area (TPSA) is 98.8 Å². The number of rotatable bonds is 9. The van der Waals surface area contributed by atoms with Crippen LogP contribution >= 0.6 is 0 Å². The standard InChI is InChI=1S/C24H25N3O5/c1-17(28)31-16-21(19-11-7-4-8-12-19)27-24(29)26-20-13-22(23(30-2)25-14-20)32-15-18-9-5-3-6-10-18/h3-14,21H,15-16H2,1-2H3,(H2,26,27,29). The van der Waals surface area contributed by atoms with Crippen LogP contribution in [0.5, 0.6) is 11.6 Å². The van der Waals surface area contributed by atoms with Gasteiger partial charge < -0.3 is 24.8 Å². The third-order valence-corrected chi connectivity index (χ3v) is 4.47. The molecule has 0 saturated heterocycles. The van der Waals surface area contributed by atoms with Crippen molar-refractivity contribution >= 4 is 17.7 Å². The maximum absolute atomic E-state index is 12.6. The first-order valence-electron chi connectivity index (χ1n) is 10.0. The first-order chi connectivity index (χ1) is 15.5. The molecular weight excluding hydrogens is 410 g/mol. The molecule has 1 atom stereocenters. The monoisotopic (exact) mass is 435 g/mol. The zero-order chi connectivity index (χ0) is 22.8. The number of benzene rings is 2. The number of amides is 2. The number of nitrogens with zero attached hydrogens (tertiary/aromatic N) is 1. The fourth-order valence-corrected chi connectivity index (χ4v) is 2.93. The van der Waals surface area contributed by atoms with Crippen LogP contribution in [0.1, 0.15) is 24.1 Å². The molecule has 166 valence electrons. The first-order valence-corrected chi connectivity index (χ1v) is 10.0. The number of carbonyl (C=O) groups excluding carboxylic acids is 2. The van der Waals surface area contributed by atoms with Crippen LogP contribution in [0.15, 0.2) is 72.9 Å². The molecule has 32 heavy (non-hydrogen) atoms. The summed E-state index contributed by atoms with van der Waals surface area (Å²) in [6.45, 7) is 1.66. The molecule has 2 aromatic carbocycles. The van der Waals surface area contributed by atoms with E-state index in [1.807, 2.05) is 60.7 Å². The smallest absolute Gasteiger partial charge is 0.319 e. The number of nitrogens with one attached hydrogen (secondary N) is 2. The molecule has 2 amide bonds. The highest BCUT2D eigenvalue weighted by molar-refractivity contribution is 5.89. The van der Waals surface area contributed by atoms with E-state index in [9.17, 15) is 9.59 Å². The van der Waals surface area contributed by atoms with Crippen LogP contribution in [0.2, 0.25) is 0 Å². The highest BCUT2D eigenvalue weighted by atomic mass is 16.5. The van der Waals surface area contributed by atoms with Gasteiger partial charge in [0.25, 0.3) is 5.88 Å². The average molecular weight is 435 g/mol.